The molecule has 7 nitrogen and oxygen atoms in total. The van der Waals surface area contributed by atoms with Crippen LogP contribution in [0.5, 0.6) is 0 Å². The average Bonchev–Trinajstić information content (AvgIpc) is 3.07. The van der Waals surface area contributed by atoms with Crippen molar-refractivity contribution in [1.29, 1.82) is 0 Å². The number of aliphatic carboxylic acids is 1. The molecule has 0 unspecified atom stereocenters. The fraction of sp³-hybridized carbons (Fsp3) is 0.500. The van der Waals surface area contributed by atoms with E-state index in [0.717, 1.165) is 22.3 Å². The molecule has 1 amide bonds. The van der Waals surface area contributed by atoms with Crippen molar-refractivity contribution >= 4 is 12.1 Å². The summed E-state index contributed by atoms with van der Waals surface area (Å²) in [5, 5.41) is 13.0. The standard InChI is InChI=1S/C28H39N3O4/c1-8-28(18-30(2,3)4,19-31(5,6)7)25(26(32)33)29-27(34)35-17-24-22-15-11-9-13-20(22)21-14-10-12-16-23(21)24/h9-16,24-25H,8,17-19H2,1-7H3/p+2/t25-/m1/s1. The molecule has 2 aromatic carbocycles. The molecule has 0 aromatic heterocycles. The lowest BCUT2D eigenvalue weighted by Gasteiger charge is -2.45. The first kappa shape index (κ1) is 26.7. The zero-order chi connectivity index (χ0) is 26.0. The van der Waals surface area contributed by atoms with E-state index >= 15 is 0 Å². The monoisotopic (exact) mass is 483 g/mol. The first-order chi connectivity index (χ1) is 16.3. The minimum atomic E-state index is -1.07. The van der Waals surface area contributed by atoms with Gasteiger partial charge in [0, 0.05) is 5.92 Å². The Morgan fingerprint density at radius 1 is 0.914 bits per heavy atom. The second kappa shape index (κ2) is 9.99. The van der Waals surface area contributed by atoms with Gasteiger partial charge in [-0.05, 0) is 28.7 Å². The summed E-state index contributed by atoms with van der Waals surface area (Å²) < 4.78 is 6.87. The van der Waals surface area contributed by atoms with Gasteiger partial charge in [-0.2, -0.15) is 0 Å². The molecule has 0 bridgehead atoms. The Labute approximate surface area is 209 Å². The van der Waals surface area contributed by atoms with Gasteiger partial charge >= 0.3 is 12.1 Å². The number of benzene rings is 2. The van der Waals surface area contributed by atoms with E-state index in [9.17, 15) is 14.7 Å². The molecule has 0 radical (unpaired) electrons. The van der Waals surface area contributed by atoms with Crippen molar-refractivity contribution in [3.05, 3.63) is 59.7 Å². The highest BCUT2D eigenvalue weighted by Crippen LogP contribution is 2.44. The van der Waals surface area contributed by atoms with Crippen LogP contribution < -0.4 is 5.32 Å². The van der Waals surface area contributed by atoms with Gasteiger partial charge in [0.1, 0.15) is 12.6 Å². The maximum Gasteiger partial charge on any atom is 0.407 e. The van der Waals surface area contributed by atoms with Gasteiger partial charge in [0.15, 0.2) is 0 Å². The SMILES string of the molecule is CCC(C[N+](C)(C)C)(C[N+](C)(C)C)[C@H](NC(=O)OCC1c2ccccc2-c2ccccc21)C(=O)O. The van der Waals surface area contributed by atoms with Crippen LogP contribution in [-0.2, 0) is 9.53 Å². The van der Waals surface area contributed by atoms with Crippen molar-refractivity contribution in [3.63, 3.8) is 0 Å². The summed E-state index contributed by atoms with van der Waals surface area (Å²) >= 11 is 0. The third-order valence-electron chi connectivity index (χ3n) is 6.75. The van der Waals surface area contributed by atoms with Crippen molar-refractivity contribution in [3.8, 4) is 11.1 Å². The first-order valence-electron chi connectivity index (χ1n) is 12.2. The fourth-order valence-electron chi connectivity index (χ4n) is 5.78. The number of fused-ring (bicyclic) bond motifs is 3. The number of rotatable bonds is 10. The van der Waals surface area contributed by atoms with E-state index in [1.165, 1.54) is 0 Å². The molecule has 2 aromatic rings. The molecule has 1 aliphatic rings. The molecule has 0 spiro atoms. The van der Waals surface area contributed by atoms with Gasteiger partial charge in [0.25, 0.3) is 0 Å². The average molecular weight is 484 g/mol. The van der Waals surface area contributed by atoms with Crippen LogP contribution >= 0.6 is 0 Å². The number of nitrogens with zero attached hydrogens (tertiary/aromatic N) is 2. The number of alkyl carbamates (subject to hydrolysis) is 1. The summed E-state index contributed by atoms with van der Waals surface area (Å²) in [6.45, 7) is 3.34. The number of carboxylic acid groups (broad SMARTS) is 1. The Kier molecular flexibility index (Phi) is 7.62. The number of amides is 1. The van der Waals surface area contributed by atoms with Crippen LogP contribution in [0.25, 0.3) is 11.1 Å². The Balaban J connectivity index is 1.82. The summed E-state index contributed by atoms with van der Waals surface area (Å²) in [5.41, 5.74) is 3.88. The number of hydrogen-bond acceptors (Lipinski definition) is 3. The molecule has 1 aliphatic carbocycles. The molecule has 0 fully saturated rings. The van der Waals surface area contributed by atoms with Crippen LogP contribution in [-0.4, -0.2) is 94.2 Å². The van der Waals surface area contributed by atoms with Gasteiger partial charge in [0.05, 0.1) is 60.8 Å². The smallest absolute Gasteiger partial charge is 0.407 e. The van der Waals surface area contributed by atoms with Crippen molar-refractivity contribution in [1.82, 2.24) is 5.32 Å². The molecule has 0 aliphatic heterocycles. The lowest BCUT2D eigenvalue weighted by Crippen LogP contribution is -2.64. The summed E-state index contributed by atoms with van der Waals surface area (Å²) in [4.78, 5) is 25.5. The predicted octanol–water partition coefficient (Wildman–Crippen LogP) is 3.79. The van der Waals surface area contributed by atoms with Gasteiger partial charge in [-0.3, -0.25) is 0 Å². The zero-order valence-corrected chi connectivity index (χ0v) is 22.2. The fourth-order valence-corrected chi connectivity index (χ4v) is 5.78. The quantitative estimate of drug-likeness (QED) is 0.504. The summed E-state index contributed by atoms with van der Waals surface area (Å²) in [7, 11) is 12.3. The number of quaternary nitrogens is 2. The number of hydrogen-bond donors (Lipinski definition) is 2. The lowest BCUT2D eigenvalue weighted by atomic mass is 9.75. The van der Waals surface area contributed by atoms with E-state index in [2.05, 4.69) is 29.6 Å². The van der Waals surface area contributed by atoms with E-state index < -0.39 is 23.5 Å². The van der Waals surface area contributed by atoms with Gasteiger partial charge < -0.3 is 24.1 Å². The molecular formula is C28H41N3O4+2. The molecule has 7 heteroatoms. The summed E-state index contributed by atoms with van der Waals surface area (Å²) in [6, 6.07) is 15.2. The summed E-state index contributed by atoms with van der Waals surface area (Å²) in [5.74, 6) is -1.12. The van der Waals surface area contributed by atoms with Gasteiger partial charge in [0.2, 0.25) is 0 Å². The maximum atomic E-state index is 13.0. The van der Waals surface area contributed by atoms with Crippen molar-refractivity contribution < 1.29 is 28.4 Å². The van der Waals surface area contributed by atoms with Gasteiger partial charge in [-0.1, -0.05) is 55.5 Å². The number of carbonyl (C=O) groups excluding carboxylic acids is 1. The number of carboxylic acids is 1. The maximum absolute atomic E-state index is 13.0. The van der Waals surface area contributed by atoms with Crippen LogP contribution in [0.15, 0.2) is 48.5 Å². The number of ether oxygens (including phenoxy) is 1. The number of nitrogens with one attached hydrogen (secondary N) is 1. The summed E-state index contributed by atoms with van der Waals surface area (Å²) in [6.07, 6.45) is -0.0847. The third-order valence-corrected chi connectivity index (χ3v) is 6.75. The number of carbonyl (C=O) groups is 2. The van der Waals surface area contributed by atoms with Crippen molar-refractivity contribution in [2.24, 2.45) is 5.41 Å². The first-order valence-corrected chi connectivity index (χ1v) is 12.2. The molecule has 3 rings (SSSR count). The van der Waals surface area contributed by atoms with Gasteiger partial charge in [-0.15, -0.1) is 0 Å². The highest BCUT2D eigenvalue weighted by atomic mass is 16.5. The topological polar surface area (TPSA) is 75.6 Å². The molecule has 0 heterocycles. The molecule has 0 saturated heterocycles. The zero-order valence-electron chi connectivity index (χ0n) is 22.2. The molecule has 2 N–H and O–H groups in total. The largest absolute Gasteiger partial charge is 0.480 e. The van der Waals surface area contributed by atoms with Crippen LogP contribution in [0.2, 0.25) is 0 Å². The van der Waals surface area contributed by atoms with Crippen molar-refractivity contribution in [2.45, 2.75) is 25.3 Å². The molecule has 0 saturated carbocycles. The lowest BCUT2D eigenvalue weighted by molar-refractivity contribution is -0.903. The van der Waals surface area contributed by atoms with Crippen LogP contribution in [0.1, 0.15) is 30.4 Å². The Bertz CT molecular complexity index is 1010. The Morgan fingerprint density at radius 2 is 1.37 bits per heavy atom. The Morgan fingerprint density at radius 3 is 1.77 bits per heavy atom. The van der Waals surface area contributed by atoms with E-state index in [0.29, 0.717) is 28.5 Å². The highest BCUT2D eigenvalue weighted by Gasteiger charge is 2.50. The van der Waals surface area contributed by atoms with Crippen molar-refractivity contribution in [2.75, 3.05) is 62.0 Å². The Hall–Kier alpha value is -2.90. The molecule has 190 valence electrons. The molecule has 1 atom stereocenters. The van der Waals surface area contributed by atoms with E-state index in [1.54, 1.807) is 0 Å². The minimum absolute atomic E-state index is 0.0788. The van der Waals surface area contributed by atoms with Crippen LogP contribution in [0.4, 0.5) is 4.79 Å². The molecule has 35 heavy (non-hydrogen) atoms. The normalized spacial score (nSPS) is 14.7. The molecular weight excluding hydrogens is 442 g/mol. The second-order valence-corrected chi connectivity index (χ2v) is 11.9. The van der Waals surface area contributed by atoms with E-state index in [-0.39, 0.29) is 12.5 Å². The van der Waals surface area contributed by atoms with E-state index in [4.69, 9.17) is 4.74 Å². The third kappa shape index (κ3) is 6.21. The van der Waals surface area contributed by atoms with Crippen LogP contribution in [0, 0.1) is 5.41 Å². The second-order valence-electron chi connectivity index (χ2n) is 11.9. The minimum Gasteiger partial charge on any atom is -0.480 e. The van der Waals surface area contributed by atoms with E-state index in [1.807, 2.05) is 73.5 Å². The van der Waals surface area contributed by atoms with Gasteiger partial charge in [-0.25, -0.2) is 9.59 Å². The predicted molar refractivity (Wildman–Crippen MR) is 138 cm³/mol. The van der Waals surface area contributed by atoms with Crippen LogP contribution in [0.3, 0.4) is 0 Å². The highest BCUT2D eigenvalue weighted by molar-refractivity contribution is 5.81.